The first-order valence-electron chi connectivity index (χ1n) is 8.07. The largest absolute Gasteiger partial charge is 0.481 e. The number of rotatable bonds is 3. The zero-order valence-corrected chi connectivity index (χ0v) is 14.8. The molecule has 1 saturated heterocycles. The second-order valence-corrected chi connectivity index (χ2v) is 8.24. The van der Waals surface area contributed by atoms with Gasteiger partial charge in [-0.25, -0.2) is 13.4 Å². The van der Waals surface area contributed by atoms with Crippen molar-refractivity contribution in [1.82, 2.24) is 9.88 Å². The summed E-state index contributed by atoms with van der Waals surface area (Å²) in [4.78, 5) is 18.3. The number of carbonyl (C=O) groups excluding carboxylic acids is 1. The molecule has 7 heteroatoms. The number of sulfone groups is 1. The molecule has 2 aromatic rings. The van der Waals surface area contributed by atoms with Crippen LogP contribution in [0.1, 0.15) is 27.6 Å². The first-order chi connectivity index (χ1) is 12.0. The van der Waals surface area contributed by atoms with Crippen molar-refractivity contribution in [2.24, 2.45) is 0 Å². The molecule has 0 N–H and O–H groups in total. The fourth-order valence-electron chi connectivity index (χ4n) is 3.03. The van der Waals surface area contributed by atoms with Crippen LogP contribution in [0.5, 0.6) is 5.88 Å². The Bertz CT molecular complexity index is 852. The Hall–Kier alpha value is -2.41. The van der Waals surface area contributed by atoms with E-state index in [0.29, 0.717) is 24.4 Å². The first kappa shape index (κ1) is 17.4. The second kappa shape index (κ2) is 7.23. The van der Waals surface area contributed by atoms with Crippen LogP contribution in [0.15, 0.2) is 48.7 Å². The molecular formula is C18H20N2O4S. The normalized spacial score (nSPS) is 19.9. The average molecular weight is 360 g/mol. The van der Waals surface area contributed by atoms with E-state index in [1.54, 1.807) is 17.0 Å². The van der Waals surface area contributed by atoms with Crippen molar-refractivity contribution in [2.45, 2.75) is 11.7 Å². The van der Waals surface area contributed by atoms with Gasteiger partial charge < -0.3 is 9.64 Å². The third kappa shape index (κ3) is 3.82. The summed E-state index contributed by atoms with van der Waals surface area (Å²) in [5.41, 5.74) is 1.23. The molecule has 1 fully saturated rings. The zero-order valence-electron chi connectivity index (χ0n) is 14.0. The summed E-state index contributed by atoms with van der Waals surface area (Å²) in [7, 11) is -1.82. The van der Waals surface area contributed by atoms with Gasteiger partial charge in [0, 0.05) is 30.9 Å². The van der Waals surface area contributed by atoms with Crippen molar-refractivity contribution < 1.29 is 17.9 Å². The summed E-state index contributed by atoms with van der Waals surface area (Å²) in [5, 5.41) is -0.571. The lowest BCUT2D eigenvalue weighted by molar-refractivity contribution is 0.0766. The van der Waals surface area contributed by atoms with Crippen LogP contribution >= 0.6 is 0 Å². The van der Waals surface area contributed by atoms with Crippen LogP contribution in [0, 0.1) is 0 Å². The smallest absolute Gasteiger partial charge is 0.254 e. The molecule has 1 aliphatic heterocycles. The molecule has 0 saturated carbocycles. The molecule has 132 valence electrons. The summed E-state index contributed by atoms with van der Waals surface area (Å²) in [5.74, 6) is 0.112. The lowest BCUT2D eigenvalue weighted by Gasteiger charge is -2.20. The van der Waals surface area contributed by atoms with Gasteiger partial charge in [-0.15, -0.1) is 0 Å². The van der Waals surface area contributed by atoms with E-state index in [1.807, 2.05) is 30.3 Å². The molecular weight excluding hydrogens is 340 g/mol. The van der Waals surface area contributed by atoms with E-state index in [-0.39, 0.29) is 18.2 Å². The highest BCUT2D eigenvalue weighted by Gasteiger charge is 2.32. The highest BCUT2D eigenvalue weighted by molar-refractivity contribution is 7.91. The number of benzene rings is 1. The van der Waals surface area contributed by atoms with Gasteiger partial charge in [-0.2, -0.15) is 0 Å². The van der Waals surface area contributed by atoms with Gasteiger partial charge in [0.15, 0.2) is 9.84 Å². The number of pyridine rings is 1. The Balaban J connectivity index is 1.81. The highest BCUT2D eigenvalue weighted by atomic mass is 32.2. The van der Waals surface area contributed by atoms with Gasteiger partial charge in [0.2, 0.25) is 5.88 Å². The minimum Gasteiger partial charge on any atom is -0.481 e. The van der Waals surface area contributed by atoms with Gasteiger partial charge in [-0.3, -0.25) is 4.79 Å². The first-order valence-corrected chi connectivity index (χ1v) is 9.78. The van der Waals surface area contributed by atoms with E-state index in [1.165, 1.54) is 13.3 Å². The number of methoxy groups -OCH3 is 1. The predicted molar refractivity (Wildman–Crippen MR) is 94.3 cm³/mol. The molecule has 0 radical (unpaired) electrons. The zero-order chi connectivity index (χ0) is 17.9. The van der Waals surface area contributed by atoms with Crippen molar-refractivity contribution in [2.75, 3.05) is 26.0 Å². The predicted octanol–water partition coefficient (Wildman–Crippen LogP) is 2.09. The number of aromatic nitrogens is 1. The van der Waals surface area contributed by atoms with E-state index in [0.717, 1.165) is 5.56 Å². The lowest BCUT2D eigenvalue weighted by atomic mass is 10.1. The molecule has 2 heterocycles. The van der Waals surface area contributed by atoms with Crippen molar-refractivity contribution in [3.05, 3.63) is 59.8 Å². The van der Waals surface area contributed by atoms with Crippen molar-refractivity contribution in [3.63, 3.8) is 0 Å². The van der Waals surface area contributed by atoms with E-state index in [4.69, 9.17) is 4.74 Å². The van der Waals surface area contributed by atoms with E-state index < -0.39 is 15.1 Å². The molecule has 0 spiro atoms. The van der Waals surface area contributed by atoms with Gasteiger partial charge in [-0.1, -0.05) is 30.3 Å². The molecule has 25 heavy (non-hydrogen) atoms. The van der Waals surface area contributed by atoms with Crippen molar-refractivity contribution >= 4 is 15.7 Å². The van der Waals surface area contributed by atoms with Crippen LogP contribution in [0.4, 0.5) is 0 Å². The number of ether oxygens (including phenoxy) is 1. The molecule has 1 aromatic carbocycles. The van der Waals surface area contributed by atoms with Crippen molar-refractivity contribution in [3.8, 4) is 5.88 Å². The van der Waals surface area contributed by atoms with E-state index >= 15 is 0 Å². The molecule has 6 nitrogen and oxygen atoms in total. The topological polar surface area (TPSA) is 76.6 Å². The van der Waals surface area contributed by atoms with E-state index in [9.17, 15) is 13.2 Å². The Morgan fingerprint density at radius 1 is 1.20 bits per heavy atom. The van der Waals surface area contributed by atoms with Crippen LogP contribution in [-0.2, 0) is 9.84 Å². The van der Waals surface area contributed by atoms with Gasteiger partial charge in [0.25, 0.3) is 5.91 Å². The maximum Gasteiger partial charge on any atom is 0.254 e. The maximum absolute atomic E-state index is 12.7. The molecule has 0 bridgehead atoms. The number of carbonyl (C=O) groups is 1. The minimum atomic E-state index is -3.31. The van der Waals surface area contributed by atoms with Gasteiger partial charge >= 0.3 is 0 Å². The highest BCUT2D eigenvalue weighted by Crippen LogP contribution is 2.29. The third-order valence-corrected chi connectivity index (χ3v) is 6.52. The quantitative estimate of drug-likeness (QED) is 0.838. The van der Waals surface area contributed by atoms with Crippen molar-refractivity contribution in [1.29, 1.82) is 0 Å². The average Bonchev–Trinajstić information content (AvgIpc) is 2.80. The third-order valence-electron chi connectivity index (χ3n) is 4.39. The number of nitrogens with zero attached hydrogens (tertiary/aromatic N) is 2. The molecule has 1 atom stereocenters. The Kier molecular flexibility index (Phi) is 5.03. The standard InChI is InChI=1S/C18H20N2O4S/c1-24-17-13-15(7-9-19-17)18(21)20-10-8-16(25(22,23)12-11-20)14-5-3-2-4-6-14/h2-7,9,13,16H,8,10-12H2,1H3. The van der Waals surface area contributed by atoms with E-state index in [2.05, 4.69) is 4.98 Å². The fourth-order valence-corrected chi connectivity index (χ4v) is 4.82. The van der Waals surface area contributed by atoms with Crippen LogP contribution in [0.3, 0.4) is 0 Å². The van der Waals surface area contributed by atoms with Crippen LogP contribution < -0.4 is 4.74 Å². The second-order valence-electron chi connectivity index (χ2n) is 5.93. The molecule has 1 unspecified atom stereocenters. The lowest BCUT2D eigenvalue weighted by Crippen LogP contribution is -2.33. The Labute approximate surface area is 147 Å². The molecule has 1 amide bonds. The Morgan fingerprint density at radius 2 is 1.96 bits per heavy atom. The Morgan fingerprint density at radius 3 is 2.68 bits per heavy atom. The summed E-state index contributed by atoms with van der Waals surface area (Å²) in [6.07, 6.45) is 1.90. The summed E-state index contributed by atoms with van der Waals surface area (Å²) >= 11 is 0. The van der Waals surface area contributed by atoms with Gasteiger partial charge in [0.05, 0.1) is 18.1 Å². The molecule has 0 aliphatic carbocycles. The van der Waals surface area contributed by atoms with Gasteiger partial charge in [0.1, 0.15) is 0 Å². The maximum atomic E-state index is 12.7. The van der Waals surface area contributed by atoms with Crippen LogP contribution in [0.25, 0.3) is 0 Å². The number of hydrogen-bond donors (Lipinski definition) is 0. The van der Waals surface area contributed by atoms with Crippen LogP contribution in [0.2, 0.25) is 0 Å². The van der Waals surface area contributed by atoms with Gasteiger partial charge in [-0.05, 0) is 18.1 Å². The van der Waals surface area contributed by atoms with Crippen LogP contribution in [-0.4, -0.2) is 50.2 Å². The number of amides is 1. The summed E-state index contributed by atoms with van der Waals surface area (Å²) < 4.78 is 30.3. The SMILES string of the molecule is COc1cc(C(=O)N2CCC(c3ccccc3)S(=O)(=O)CC2)ccn1. The monoisotopic (exact) mass is 360 g/mol. The molecule has 1 aliphatic rings. The number of hydrogen-bond acceptors (Lipinski definition) is 5. The summed E-state index contributed by atoms with van der Waals surface area (Å²) in [6, 6.07) is 12.4. The fraction of sp³-hybridized carbons (Fsp3) is 0.333. The molecule has 1 aromatic heterocycles. The molecule has 3 rings (SSSR count). The minimum absolute atomic E-state index is 0.0412. The summed E-state index contributed by atoms with van der Waals surface area (Å²) in [6.45, 7) is 0.581.